The second-order valence-corrected chi connectivity index (χ2v) is 6.01. The molecule has 2 bridgehead atoms. The minimum absolute atomic E-state index is 0.0941. The molecule has 0 aromatic rings. The van der Waals surface area contributed by atoms with E-state index in [9.17, 15) is 5.11 Å². The van der Waals surface area contributed by atoms with Crippen LogP contribution in [0.2, 0.25) is 0 Å². The van der Waals surface area contributed by atoms with Crippen molar-refractivity contribution < 1.29 is 9.84 Å². The number of hydrogen-bond donors (Lipinski definition) is 1. The number of allylic oxidation sites excluding steroid dienone is 3. The lowest BCUT2D eigenvalue weighted by atomic mass is 9.57. The molecule has 4 atom stereocenters. The molecule has 0 spiro atoms. The second-order valence-electron chi connectivity index (χ2n) is 6.01. The fraction of sp³-hybridized carbons (Fsp3) is 0.733. The molecule has 96 valence electrons. The summed E-state index contributed by atoms with van der Waals surface area (Å²) in [5, 5.41) is 9.82. The molecule has 0 amide bonds. The summed E-state index contributed by atoms with van der Waals surface area (Å²) in [5.41, 5.74) is 2.56. The topological polar surface area (TPSA) is 29.5 Å². The predicted molar refractivity (Wildman–Crippen MR) is 69.4 cm³/mol. The number of fused-ring (bicyclic) bond motifs is 2. The Bertz CT molecular complexity index is 376. The van der Waals surface area contributed by atoms with Gasteiger partial charge >= 0.3 is 0 Å². The Morgan fingerprint density at radius 3 is 2.65 bits per heavy atom. The van der Waals surface area contributed by atoms with Crippen LogP contribution < -0.4 is 0 Å². The standard InChI is InChI=1S/C15H24O2/c1-9(2)14-13-10(3)6-11(4)15(7-16,8-17-14)12(13)5/h6,11-13,16H,7-8H2,1-5H3/t11-,12+,13+,15+/m1/s1. The van der Waals surface area contributed by atoms with Crippen LogP contribution in [0.4, 0.5) is 0 Å². The van der Waals surface area contributed by atoms with Gasteiger partial charge in [0, 0.05) is 11.3 Å². The van der Waals surface area contributed by atoms with Gasteiger partial charge in [-0.1, -0.05) is 25.5 Å². The normalized spacial score (nSPS) is 40.7. The molecule has 2 heteroatoms. The van der Waals surface area contributed by atoms with Crippen LogP contribution in [0.3, 0.4) is 0 Å². The van der Waals surface area contributed by atoms with Gasteiger partial charge in [-0.15, -0.1) is 0 Å². The summed E-state index contributed by atoms with van der Waals surface area (Å²) >= 11 is 0. The van der Waals surface area contributed by atoms with E-state index < -0.39 is 0 Å². The lowest BCUT2D eigenvalue weighted by molar-refractivity contribution is -0.0933. The maximum Gasteiger partial charge on any atom is 0.102 e. The van der Waals surface area contributed by atoms with Crippen molar-refractivity contribution in [2.24, 2.45) is 23.2 Å². The zero-order chi connectivity index (χ0) is 12.8. The molecule has 1 heterocycles. The van der Waals surface area contributed by atoms with Gasteiger partial charge < -0.3 is 9.84 Å². The molecule has 0 aromatic heterocycles. The van der Waals surface area contributed by atoms with E-state index in [1.54, 1.807) is 0 Å². The highest BCUT2D eigenvalue weighted by Gasteiger charge is 2.52. The van der Waals surface area contributed by atoms with E-state index in [0.717, 1.165) is 5.76 Å². The number of ether oxygens (including phenoxy) is 1. The van der Waals surface area contributed by atoms with Crippen LogP contribution in [-0.4, -0.2) is 18.3 Å². The molecule has 0 radical (unpaired) electrons. The minimum atomic E-state index is -0.0941. The van der Waals surface area contributed by atoms with Gasteiger partial charge in [-0.3, -0.25) is 0 Å². The average Bonchev–Trinajstić information content (AvgIpc) is 2.26. The minimum Gasteiger partial charge on any atom is -0.497 e. The third kappa shape index (κ3) is 1.65. The maximum absolute atomic E-state index is 9.82. The Labute approximate surface area is 104 Å². The third-order valence-corrected chi connectivity index (χ3v) is 4.88. The molecule has 1 aliphatic heterocycles. The van der Waals surface area contributed by atoms with E-state index in [2.05, 4.69) is 40.7 Å². The molecule has 1 saturated heterocycles. The average molecular weight is 236 g/mol. The highest BCUT2D eigenvalue weighted by atomic mass is 16.5. The summed E-state index contributed by atoms with van der Waals surface area (Å²) in [6, 6.07) is 0. The molecule has 2 nitrogen and oxygen atoms in total. The first-order chi connectivity index (χ1) is 7.94. The van der Waals surface area contributed by atoms with Gasteiger partial charge in [0.2, 0.25) is 0 Å². The predicted octanol–water partition coefficient (Wildman–Crippen LogP) is 3.14. The molecule has 0 unspecified atom stereocenters. The van der Waals surface area contributed by atoms with Crippen molar-refractivity contribution in [1.29, 1.82) is 0 Å². The van der Waals surface area contributed by atoms with Gasteiger partial charge in [-0.25, -0.2) is 0 Å². The summed E-state index contributed by atoms with van der Waals surface area (Å²) in [7, 11) is 0. The molecule has 2 rings (SSSR count). The maximum atomic E-state index is 9.82. The van der Waals surface area contributed by atoms with E-state index in [1.807, 2.05) is 0 Å². The summed E-state index contributed by atoms with van der Waals surface area (Å²) in [4.78, 5) is 0. The van der Waals surface area contributed by atoms with Gasteiger partial charge in [0.25, 0.3) is 0 Å². The molecule has 0 aromatic carbocycles. The smallest absolute Gasteiger partial charge is 0.102 e. The fourth-order valence-electron chi connectivity index (χ4n) is 3.59. The van der Waals surface area contributed by atoms with Crippen LogP contribution in [0, 0.1) is 23.2 Å². The summed E-state index contributed by atoms with van der Waals surface area (Å²) in [6.07, 6.45) is 2.33. The Morgan fingerprint density at radius 2 is 2.12 bits per heavy atom. The number of hydrogen-bond acceptors (Lipinski definition) is 2. The van der Waals surface area contributed by atoms with Crippen LogP contribution in [-0.2, 0) is 4.74 Å². The highest BCUT2D eigenvalue weighted by molar-refractivity contribution is 5.29. The SMILES string of the molecule is CC1=C[C@@H](C)[C@]2(CO)COC(=C(C)C)[C@@H]1[C@@H]2C. The largest absolute Gasteiger partial charge is 0.497 e. The van der Waals surface area contributed by atoms with Gasteiger partial charge in [-0.2, -0.15) is 0 Å². The third-order valence-electron chi connectivity index (χ3n) is 4.88. The fourth-order valence-corrected chi connectivity index (χ4v) is 3.59. The van der Waals surface area contributed by atoms with Crippen molar-refractivity contribution in [3.8, 4) is 0 Å². The molecular weight excluding hydrogens is 212 g/mol. The molecular formula is C15H24O2. The molecule has 0 saturated carbocycles. The van der Waals surface area contributed by atoms with Crippen molar-refractivity contribution in [2.45, 2.75) is 34.6 Å². The van der Waals surface area contributed by atoms with Crippen molar-refractivity contribution in [3.63, 3.8) is 0 Å². The van der Waals surface area contributed by atoms with E-state index in [4.69, 9.17) is 4.74 Å². The van der Waals surface area contributed by atoms with E-state index in [-0.39, 0.29) is 12.0 Å². The zero-order valence-electron chi connectivity index (χ0n) is 11.6. The molecule has 1 fully saturated rings. The van der Waals surface area contributed by atoms with Gasteiger partial charge in [0.15, 0.2) is 0 Å². The van der Waals surface area contributed by atoms with Crippen molar-refractivity contribution in [3.05, 3.63) is 23.0 Å². The quantitative estimate of drug-likeness (QED) is 0.709. The zero-order valence-corrected chi connectivity index (χ0v) is 11.6. The van der Waals surface area contributed by atoms with Crippen molar-refractivity contribution in [2.75, 3.05) is 13.2 Å². The second kappa shape index (κ2) is 4.16. The lowest BCUT2D eigenvalue weighted by Crippen LogP contribution is -2.52. The molecule has 1 aliphatic carbocycles. The first-order valence-corrected chi connectivity index (χ1v) is 6.53. The number of aliphatic hydroxyl groups is 1. The van der Waals surface area contributed by atoms with Crippen LogP contribution in [0.5, 0.6) is 0 Å². The van der Waals surface area contributed by atoms with Gasteiger partial charge in [-0.05, 0) is 38.2 Å². The number of rotatable bonds is 1. The van der Waals surface area contributed by atoms with Crippen LogP contribution in [0.1, 0.15) is 34.6 Å². The van der Waals surface area contributed by atoms with Gasteiger partial charge in [0.1, 0.15) is 5.76 Å². The van der Waals surface area contributed by atoms with Crippen LogP contribution in [0.25, 0.3) is 0 Å². The molecule has 2 aliphatic rings. The van der Waals surface area contributed by atoms with Crippen LogP contribution in [0.15, 0.2) is 23.0 Å². The van der Waals surface area contributed by atoms with E-state index >= 15 is 0 Å². The van der Waals surface area contributed by atoms with Gasteiger partial charge in [0.05, 0.1) is 13.2 Å². The number of aliphatic hydroxyl groups excluding tert-OH is 1. The first kappa shape index (κ1) is 12.7. The Hall–Kier alpha value is -0.760. The summed E-state index contributed by atoms with van der Waals surface area (Å²) in [5.74, 6) is 2.32. The Kier molecular flexibility index (Phi) is 3.11. The van der Waals surface area contributed by atoms with E-state index in [0.29, 0.717) is 24.4 Å². The first-order valence-electron chi connectivity index (χ1n) is 6.53. The van der Waals surface area contributed by atoms with Crippen molar-refractivity contribution in [1.82, 2.24) is 0 Å². The monoisotopic (exact) mass is 236 g/mol. The molecule has 1 N–H and O–H groups in total. The summed E-state index contributed by atoms with van der Waals surface area (Å²) < 4.78 is 5.99. The van der Waals surface area contributed by atoms with E-state index in [1.165, 1.54) is 11.1 Å². The lowest BCUT2D eigenvalue weighted by Gasteiger charge is -2.53. The summed E-state index contributed by atoms with van der Waals surface area (Å²) in [6.45, 7) is 11.7. The Morgan fingerprint density at radius 1 is 1.47 bits per heavy atom. The van der Waals surface area contributed by atoms with Crippen LogP contribution >= 0.6 is 0 Å². The highest BCUT2D eigenvalue weighted by Crippen LogP contribution is 2.53. The Balaban J connectivity index is 2.52. The van der Waals surface area contributed by atoms with Crippen molar-refractivity contribution >= 4 is 0 Å². The molecule has 17 heavy (non-hydrogen) atoms.